The molecule has 4 N–H and O–H groups in total. The molecular weight excluding hydrogens is 559 g/mol. The Morgan fingerprint density at radius 2 is 1.81 bits per heavy atom. The van der Waals surface area contributed by atoms with Gasteiger partial charge in [-0.3, -0.25) is 24.3 Å². The van der Waals surface area contributed by atoms with E-state index in [1.165, 1.54) is 0 Å². The zero-order valence-corrected chi connectivity index (χ0v) is 24.3. The highest BCUT2D eigenvalue weighted by Crippen LogP contribution is 2.47. The van der Waals surface area contributed by atoms with E-state index in [1.807, 2.05) is 6.20 Å². The van der Waals surface area contributed by atoms with Crippen molar-refractivity contribution in [2.75, 3.05) is 26.2 Å². The van der Waals surface area contributed by atoms with Crippen LogP contribution in [0.4, 0.5) is 4.39 Å². The summed E-state index contributed by atoms with van der Waals surface area (Å²) in [5, 5.41) is 12.7. The molecule has 7 rings (SSSR count). The van der Waals surface area contributed by atoms with E-state index in [0.29, 0.717) is 32.6 Å². The third-order valence-corrected chi connectivity index (χ3v) is 10.5. The number of aromatic nitrogens is 2. The minimum absolute atomic E-state index is 0.0419. The van der Waals surface area contributed by atoms with Gasteiger partial charge >= 0.3 is 5.69 Å². The van der Waals surface area contributed by atoms with Gasteiger partial charge in [0.15, 0.2) is 5.78 Å². The van der Waals surface area contributed by atoms with Crippen molar-refractivity contribution in [3.05, 3.63) is 28.0 Å². The van der Waals surface area contributed by atoms with E-state index < -0.39 is 29.9 Å². The molecule has 6 aliphatic rings. The van der Waals surface area contributed by atoms with E-state index >= 15 is 4.39 Å². The number of hydrogen-bond acceptors (Lipinski definition) is 8. The Morgan fingerprint density at radius 3 is 2.58 bits per heavy atom. The lowest BCUT2D eigenvalue weighted by Gasteiger charge is -2.60. The fraction of sp³-hybridized carbons (Fsp3) is 0.733. The summed E-state index contributed by atoms with van der Waals surface area (Å²) < 4.78 is 23.0. The van der Waals surface area contributed by atoms with Crippen LogP contribution in [-0.2, 0) is 25.5 Å². The average Bonchev–Trinajstić information content (AvgIpc) is 3.58. The van der Waals surface area contributed by atoms with Crippen molar-refractivity contribution in [1.82, 2.24) is 30.0 Å². The molecule has 43 heavy (non-hydrogen) atoms. The number of nitrogens with one attached hydrogen (secondary N) is 3. The minimum Gasteiger partial charge on any atom is -0.493 e. The Bertz CT molecular complexity index is 1350. The van der Waals surface area contributed by atoms with Gasteiger partial charge in [-0.15, -0.1) is 0 Å². The van der Waals surface area contributed by atoms with Gasteiger partial charge in [-0.1, -0.05) is 12.8 Å². The highest BCUT2D eigenvalue weighted by molar-refractivity contribution is 6.20. The summed E-state index contributed by atoms with van der Waals surface area (Å²) in [5.41, 5.74) is -0.263. The second-order valence-corrected chi connectivity index (χ2v) is 13.2. The third kappa shape index (κ3) is 5.17. The maximum absolute atomic E-state index is 16.3. The second-order valence-electron chi connectivity index (χ2n) is 13.2. The Morgan fingerprint density at radius 1 is 1.02 bits per heavy atom. The first-order valence-electron chi connectivity index (χ1n) is 15.9. The lowest BCUT2D eigenvalue weighted by molar-refractivity contribution is -0.210. The number of Topliss-reactive ketones (excluding diaryl/α,β-unsaturated/α-hetero) is 1. The first-order valence-corrected chi connectivity index (χ1v) is 15.9. The standard InChI is InChI=1S/C30H41FN6O6/c31-19-12-17-24-27(25(19)36-11-8-16(14-36)32-23(38)13-20-28(40)34-30(42)33-20)43-22-7-3-2-6-21(22)37(24)15-18(26(17)39)29(41)35-9-4-1-5-10-35/h15-17,19,21-22,24-25,27,40H,1-14H2,(H,32,38)(H2,33,34,42). The van der Waals surface area contributed by atoms with Crippen LogP contribution in [0.3, 0.4) is 0 Å². The highest BCUT2D eigenvalue weighted by atomic mass is 19.1. The zero-order valence-electron chi connectivity index (χ0n) is 24.3. The van der Waals surface area contributed by atoms with Gasteiger partial charge < -0.3 is 29.9 Å². The molecule has 4 aliphatic heterocycles. The van der Waals surface area contributed by atoms with Gasteiger partial charge in [-0.05, 0) is 44.9 Å². The van der Waals surface area contributed by atoms with Gasteiger partial charge in [-0.25, -0.2) is 9.18 Å². The molecule has 5 heterocycles. The van der Waals surface area contributed by atoms with E-state index in [-0.39, 0.29) is 71.8 Å². The number of likely N-dealkylation sites (tertiary alicyclic amines) is 2. The molecule has 0 spiro atoms. The maximum Gasteiger partial charge on any atom is 0.325 e. The number of halogens is 1. The fourth-order valence-corrected chi connectivity index (χ4v) is 8.57. The van der Waals surface area contributed by atoms with Crippen LogP contribution in [0.25, 0.3) is 0 Å². The molecular formula is C30H41FN6O6. The third-order valence-electron chi connectivity index (χ3n) is 10.5. The number of carbonyl (C=O) groups is 3. The molecule has 1 aromatic heterocycles. The minimum atomic E-state index is -1.32. The molecule has 13 heteroatoms. The summed E-state index contributed by atoms with van der Waals surface area (Å²) in [6.45, 7) is 2.30. The molecule has 2 amide bonds. The largest absolute Gasteiger partial charge is 0.493 e. The highest BCUT2D eigenvalue weighted by Gasteiger charge is 2.60. The Labute approximate surface area is 249 Å². The van der Waals surface area contributed by atoms with E-state index in [4.69, 9.17) is 4.74 Å². The smallest absolute Gasteiger partial charge is 0.325 e. The number of piperidine rings is 1. The monoisotopic (exact) mass is 600 g/mol. The number of hydrogen-bond donors (Lipinski definition) is 4. The van der Waals surface area contributed by atoms with Crippen LogP contribution in [0, 0.1) is 5.92 Å². The summed E-state index contributed by atoms with van der Waals surface area (Å²) >= 11 is 0. The predicted molar refractivity (Wildman–Crippen MR) is 152 cm³/mol. The number of ether oxygens (including phenoxy) is 1. The number of nitrogens with zero attached hydrogens (tertiary/aromatic N) is 3. The maximum atomic E-state index is 16.3. The Hall–Kier alpha value is -3.19. The summed E-state index contributed by atoms with van der Waals surface area (Å²) in [5.74, 6) is -1.81. The SMILES string of the molecule is O=C(Cc1[nH]c(=O)[nH]c1O)NC1CCN(C2C(F)CC3C(=O)C(C(=O)N4CCCCC4)=CN4C5CCCCC5OC2C34)C1. The van der Waals surface area contributed by atoms with Gasteiger partial charge in [-0.2, -0.15) is 0 Å². The second kappa shape index (κ2) is 11.4. The van der Waals surface area contributed by atoms with Crippen molar-refractivity contribution in [3.63, 3.8) is 0 Å². The van der Waals surface area contributed by atoms with Crippen molar-refractivity contribution in [2.45, 2.75) is 107 Å². The number of fused-ring (bicyclic) bond motifs is 2. The van der Waals surface area contributed by atoms with Crippen LogP contribution < -0.4 is 11.0 Å². The van der Waals surface area contributed by atoms with Crippen LogP contribution in [0.5, 0.6) is 5.88 Å². The number of aromatic hydroxyl groups is 1. The molecule has 5 fully saturated rings. The molecule has 3 saturated heterocycles. The molecule has 0 aromatic carbocycles. The molecule has 8 unspecified atom stereocenters. The molecule has 0 radical (unpaired) electrons. The summed E-state index contributed by atoms with van der Waals surface area (Å²) in [4.78, 5) is 62.2. The number of morpholine rings is 1. The summed E-state index contributed by atoms with van der Waals surface area (Å²) in [7, 11) is 0. The van der Waals surface area contributed by atoms with Gasteiger partial charge in [0.25, 0.3) is 5.91 Å². The first kappa shape index (κ1) is 28.6. The quantitative estimate of drug-likeness (QED) is 0.361. The lowest BCUT2D eigenvalue weighted by atomic mass is 9.69. The average molecular weight is 601 g/mol. The molecule has 234 valence electrons. The van der Waals surface area contributed by atoms with Crippen molar-refractivity contribution in [2.24, 2.45) is 5.92 Å². The number of alkyl halides is 1. The number of ketones is 1. The van der Waals surface area contributed by atoms with E-state index in [2.05, 4.69) is 25.1 Å². The Kier molecular flexibility index (Phi) is 7.57. The Balaban J connectivity index is 1.11. The number of H-pyrrole nitrogens is 2. The van der Waals surface area contributed by atoms with Crippen LogP contribution in [0.1, 0.15) is 63.5 Å². The van der Waals surface area contributed by atoms with E-state index in [0.717, 1.165) is 44.9 Å². The van der Waals surface area contributed by atoms with Crippen LogP contribution >= 0.6 is 0 Å². The molecule has 12 nitrogen and oxygen atoms in total. The van der Waals surface area contributed by atoms with Crippen molar-refractivity contribution in [1.29, 1.82) is 0 Å². The van der Waals surface area contributed by atoms with Crippen molar-refractivity contribution >= 4 is 17.6 Å². The van der Waals surface area contributed by atoms with Crippen LogP contribution in [0.15, 0.2) is 16.6 Å². The van der Waals surface area contributed by atoms with Gasteiger partial charge in [0.2, 0.25) is 11.8 Å². The molecule has 1 aromatic rings. The molecule has 2 aliphatic carbocycles. The number of amides is 2. The summed E-state index contributed by atoms with van der Waals surface area (Å²) in [6.07, 6.45) is 7.16. The van der Waals surface area contributed by atoms with Crippen LogP contribution in [0.2, 0.25) is 0 Å². The molecule has 8 atom stereocenters. The van der Waals surface area contributed by atoms with Crippen molar-refractivity contribution < 1.29 is 28.6 Å². The number of rotatable bonds is 5. The normalized spacial score (nSPS) is 36.1. The van der Waals surface area contributed by atoms with Crippen molar-refractivity contribution in [3.8, 4) is 5.88 Å². The fourth-order valence-electron chi connectivity index (χ4n) is 8.57. The zero-order chi connectivity index (χ0) is 29.8. The molecule has 2 saturated carbocycles. The molecule has 0 bridgehead atoms. The van der Waals surface area contributed by atoms with Gasteiger partial charge in [0.05, 0.1) is 48.0 Å². The predicted octanol–water partition coefficient (Wildman–Crippen LogP) is 0.728. The van der Waals surface area contributed by atoms with E-state index in [9.17, 15) is 24.3 Å². The number of aromatic amines is 2. The van der Waals surface area contributed by atoms with E-state index in [1.54, 1.807) is 4.90 Å². The first-order chi connectivity index (χ1) is 20.8. The number of imidazole rings is 1. The number of carbonyl (C=O) groups excluding carboxylic acids is 3. The van der Waals surface area contributed by atoms with Gasteiger partial charge in [0, 0.05) is 44.3 Å². The topological polar surface area (TPSA) is 151 Å². The van der Waals surface area contributed by atoms with Gasteiger partial charge in [0.1, 0.15) is 6.17 Å². The van der Waals surface area contributed by atoms with Crippen LogP contribution in [-0.4, -0.2) is 116 Å². The summed E-state index contributed by atoms with van der Waals surface area (Å²) in [6, 6.07) is -1.06. The lowest BCUT2D eigenvalue weighted by Crippen LogP contribution is -2.73.